The van der Waals surface area contributed by atoms with E-state index in [1.807, 2.05) is 0 Å². The molecule has 0 radical (unpaired) electrons. The van der Waals surface area contributed by atoms with Crippen LogP contribution in [-0.2, 0) is 16.0 Å². The van der Waals surface area contributed by atoms with Crippen molar-refractivity contribution in [2.75, 3.05) is 18.4 Å². The highest BCUT2D eigenvalue weighted by atomic mass is 35.5. The Morgan fingerprint density at radius 2 is 1.42 bits per heavy atom. The van der Waals surface area contributed by atoms with Crippen molar-refractivity contribution in [3.05, 3.63) is 62.1 Å². The molecular weight excluding hydrogens is 418 g/mol. The van der Waals surface area contributed by atoms with Gasteiger partial charge in [-0.05, 0) is 36.8 Å². The molecule has 4 nitrogen and oxygen atoms in total. The minimum Gasteiger partial charge on any atom is -0.333 e. The first-order valence-corrected chi connectivity index (χ1v) is 9.29. The van der Waals surface area contributed by atoms with E-state index in [1.165, 1.54) is 4.90 Å². The van der Waals surface area contributed by atoms with Crippen LogP contribution in [0.1, 0.15) is 12.5 Å². The maximum absolute atomic E-state index is 12.5. The summed E-state index contributed by atoms with van der Waals surface area (Å²) < 4.78 is 0. The van der Waals surface area contributed by atoms with E-state index in [1.54, 1.807) is 43.3 Å². The lowest BCUT2D eigenvalue weighted by Crippen LogP contribution is -2.38. The monoisotopic (exact) mass is 432 g/mol. The molecule has 0 aliphatic carbocycles. The molecule has 0 fully saturated rings. The fraction of sp³-hybridized carbons (Fsp3) is 0.222. The van der Waals surface area contributed by atoms with Crippen LogP contribution in [0.15, 0.2) is 36.4 Å². The fourth-order valence-electron chi connectivity index (χ4n) is 2.31. The van der Waals surface area contributed by atoms with Gasteiger partial charge in [-0.1, -0.05) is 58.5 Å². The first-order valence-electron chi connectivity index (χ1n) is 7.78. The van der Waals surface area contributed by atoms with E-state index in [4.69, 9.17) is 46.4 Å². The molecule has 0 saturated heterocycles. The van der Waals surface area contributed by atoms with Crippen LogP contribution >= 0.6 is 46.4 Å². The summed E-state index contributed by atoms with van der Waals surface area (Å²) in [5, 5.41) is 4.10. The third-order valence-electron chi connectivity index (χ3n) is 3.69. The van der Waals surface area contributed by atoms with E-state index < -0.39 is 5.91 Å². The van der Waals surface area contributed by atoms with Gasteiger partial charge in [0.15, 0.2) is 0 Å². The molecule has 8 heteroatoms. The fourth-order valence-corrected chi connectivity index (χ4v) is 3.33. The van der Waals surface area contributed by atoms with Gasteiger partial charge in [0.1, 0.15) is 0 Å². The second kappa shape index (κ2) is 9.47. The molecule has 0 atom stereocenters. The Morgan fingerprint density at radius 1 is 0.923 bits per heavy atom. The molecule has 0 aromatic heterocycles. The van der Waals surface area contributed by atoms with Crippen molar-refractivity contribution in [2.24, 2.45) is 0 Å². The van der Waals surface area contributed by atoms with Gasteiger partial charge >= 0.3 is 0 Å². The summed E-state index contributed by atoms with van der Waals surface area (Å²) >= 11 is 24.3. The lowest BCUT2D eigenvalue weighted by molar-refractivity contribution is -0.133. The van der Waals surface area contributed by atoms with Crippen molar-refractivity contribution in [3.8, 4) is 0 Å². The SMILES string of the molecule is CCN(CC(=O)Nc1c(Cl)cccc1Cl)C(=O)Cc1c(Cl)cccc1Cl. The Kier molecular flexibility index (Phi) is 7.59. The van der Waals surface area contributed by atoms with Crippen molar-refractivity contribution >= 4 is 63.9 Å². The average molecular weight is 434 g/mol. The van der Waals surface area contributed by atoms with E-state index in [0.29, 0.717) is 37.9 Å². The van der Waals surface area contributed by atoms with Crippen LogP contribution in [0.3, 0.4) is 0 Å². The highest BCUT2D eigenvalue weighted by Gasteiger charge is 2.19. The van der Waals surface area contributed by atoms with Crippen LogP contribution in [0.4, 0.5) is 5.69 Å². The van der Waals surface area contributed by atoms with Crippen LogP contribution in [0, 0.1) is 0 Å². The van der Waals surface area contributed by atoms with E-state index in [9.17, 15) is 9.59 Å². The highest BCUT2D eigenvalue weighted by molar-refractivity contribution is 6.39. The van der Waals surface area contributed by atoms with E-state index >= 15 is 0 Å². The zero-order chi connectivity index (χ0) is 19.3. The van der Waals surface area contributed by atoms with Crippen molar-refractivity contribution in [1.82, 2.24) is 4.90 Å². The van der Waals surface area contributed by atoms with Crippen LogP contribution in [0.2, 0.25) is 20.1 Å². The van der Waals surface area contributed by atoms with Crippen LogP contribution in [0.25, 0.3) is 0 Å². The Morgan fingerprint density at radius 3 is 1.92 bits per heavy atom. The van der Waals surface area contributed by atoms with Crippen molar-refractivity contribution in [3.63, 3.8) is 0 Å². The highest BCUT2D eigenvalue weighted by Crippen LogP contribution is 2.30. The molecule has 0 aliphatic heterocycles. The predicted molar refractivity (Wildman–Crippen MR) is 108 cm³/mol. The molecular formula is C18H16Cl4N2O2. The van der Waals surface area contributed by atoms with Gasteiger partial charge in [0, 0.05) is 16.6 Å². The minimum atomic E-state index is -0.402. The number of likely N-dealkylation sites (N-methyl/N-ethyl adjacent to an activating group) is 1. The molecule has 2 amide bonds. The van der Waals surface area contributed by atoms with Gasteiger partial charge in [0.25, 0.3) is 0 Å². The Hall–Kier alpha value is -1.46. The number of nitrogens with one attached hydrogen (secondary N) is 1. The van der Waals surface area contributed by atoms with E-state index in [-0.39, 0.29) is 18.9 Å². The largest absolute Gasteiger partial charge is 0.333 e. The number of carbonyl (C=O) groups excluding carboxylic acids is 2. The number of hydrogen-bond acceptors (Lipinski definition) is 2. The summed E-state index contributed by atoms with van der Waals surface area (Å²) in [6, 6.07) is 9.94. The van der Waals surface area contributed by atoms with E-state index in [2.05, 4.69) is 5.32 Å². The van der Waals surface area contributed by atoms with Gasteiger partial charge in [-0.15, -0.1) is 0 Å². The lowest BCUT2D eigenvalue weighted by Gasteiger charge is -2.21. The molecule has 26 heavy (non-hydrogen) atoms. The predicted octanol–water partition coefficient (Wildman–Crippen LogP) is 5.33. The topological polar surface area (TPSA) is 49.4 Å². The van der Waals surface area contributed by atoms with Gasteiger partial charge in [-0.2, -0.15) is 0 Å². The van der Waals surface area contributed by atoms with Crippen LogP contribution in [-0.4, -0.2) is 29.8 Å². The molecule has 1 N–H and O–H groups in total. The lowest BCUT2D eigenvalue weighted by atomic mass is 10.1. The maximum atomic E-state index is 12.5. The van der Waals surface area contributed by atoms with Gasteiger partial charge in [-0.25, -0.2) is 0 Å². The Labute approximate surface area is 172 Å². The second-order valence-electron chi connectivity index (χ2n) is 5.43. The first-order chi connectivity index (χ1) is 12.3. The summed E-state index contributed by atoms with van der Waals surface area (Å²) in [7, 11) is 0. The van der Waals surface area contributed by atoms with Gasteiger partial charge in [0.05, 0.1) is 28.7 Å². The molecule has 0 saturated carbocycles. The van der Waals surface area contributed by atoms with Crippen LogP contribution in [0.5, 0.6) is 0 Å². The third-order valence-corrected chi connectivity index (χ3v) is 5.02. The molecule has 2 aromatic rings. The summed E-state index contributed by atoms with van der Waals surface area (Å²) in [5.41, 5.74) is 0.854. The summed E-state index contributed by atoms with van der Waals surface area (Å²) in [4.78, 5) is 26.3. The molecule has 138 valence electrons. The zero-order valence-corrected chi connectivity index (χ0v) is 16.9. The standard InChI is InChI=1S/C18H16Cl4N2O2/c1-2-24(17(26)9-11-12(19)5-3-6-13(11)20)10-16(25)23-18-14(21)7-4-8-15(18)22/h3-8H,2,9-10H2,1H3,(H,23,25). The number of benzene rings is 2. The number of anilines is 1. The first kappa shape index (κ1) is 20.8. The molecule has 0 heterocycles. The second-order valence-corrected chi connectivity index (χ2v) is 7.06. The van der Waals surface area contributed by atoms with E-state index in [0.717, 1.165) is 0 Å². The normalized spacial score (nSPS) is 10.5. The Bertz CT molecular complexity index is 786. The summed E-state index contributed by atoms with van der Waals surface area (Å²) in [6.07, 6.45) is 0.00642. The van der Waals surface area contributed by atoms with Crippen molar-refractivity contribution in [2.45, 2.75) is 13.3 Å². The Balaban J connectivity index is 2.06. The van der Waals surface area contributed by atoms with Crippen molar-refractivity contribution < 1.29 is 9.59 Å². The number of halogens is 4. The average Bonchev–Trinajstić information content (AvgIpc) is 2.59. The van der Waals surface area contributed by atoms with Crippen molar-refractivity contribution in [1.29, 1.82) is 0 Å². The number of amides is 2. The number of nitrogens with zero attached hydrogens (tertiary/aromatic N) is 1. The number of hydrogen-bond donors (Lipinski definition) is 1. The number of rotatable bonds is 6. The van der Waals surface area contributed by atoms with Crippen LogP contribution < -0.4 is 5.32 Å². The number of carbonyl (C=O) groups is 2. The molecule has 0 unspecified atom stereocenters. The summed E-state index contributed by atoms with van der Waals surface area (Å²) in [6.45, 7) is 1.99. The minimum absolute atomic E-state index is 0.00642. The molecule has 2 aromatic carbocycles. The molecule has 0 aliphatic rings. The third kappa shape index (κ3) is 5.27. The zero-order valence-electron chi connectivity index (χ0n) is 13.9. The molecule has 0 bridgehead atoms. The summed E-state index contributed by atoms with van der Waals surface area (Å²) in [5.74, 6) is -0.664. The maximum Gasteiger partial charge on any atom is 0.244 e. The molecule has 0 spiro atoms. The smallest absolute Gasteiger partial charge is 0.244 e. The van der Waals surface area contributed by atoms with Gasteiger partial charge < -0.3 is 10.2 Å². The van der Waals surface area contributed by atoms with Gasteiger partial charge in [0.2, 0.25) is 11.8 Å². The quantitative estimate of drug-likeness (QED) is 0.669. The molecule has 2 rings (SSSR count). The van der Waals surface area contributed by atoms with Gasteiger partial charge in [-0.3, -0.25) is 9.59 Å². The number of para-hydroxylation sites is 1.